The monoisotopic (exact) mass is 352 g/mol. The number of allylic oxidation sites excluding steroid dienone is 1. The van der Waals surface area contributed by atoms with Crippen LogP contribution in [0.15, 0.2) is 60.8 Å². The van der Waals surface area contributed by atoms with E-state index in [9.17, 15) is 4.79 Å². The molecule has 0 saturated heterocycles. The Labute approximate surface area is 158 Å². The number of aryl methyl sites for hydroxylation is 1. The fourth-order valence-electron chi connectivity index (χ4n) is 2.42. The van der Waals surface area contributed by atoms with E-state index in [0.717, 1.165) is 29.1 Å². The van der Waals surface area contributed by atoms with Crippen molar-refractivity contribution in [1.82, 2.24) is 0 Å². The molecule has 0 aliphatic carbocycles. The summed E-state index contributed by atoms with van der Waals surface area (Å²) in [4.78, 5) is 10.8. The van der Waals surface area contributed by atoms with Crippen molar-refractivity contribution in [1.29, 1.82) is 0 Å². The first-order valence-electron chi connectivity index (χ1n) is 9.31. The molecule has 0 atom stereocenters. The zero-order chi connectivity index (χ0) is 19.4. The number of Topliss-reactive ketones (excluding diaryl/α,β-unsaturated/α-hetero) is 1. The smallest absolute Gasteiger partial charge is 0.159 e. The highest BCUT2D eigenvalue weighted by atomic mass is 16.1. The summed E-state index contributed by atoms with van der Waals surface area (Å²) in [7, 11) is 0. The number of nitrogens with one attached hydrogen (secondary N) is 1. The normalized spacial score (nSPS) is 9.81. The van der Waals surface area contributed by atoms with Crippen molar-refractivity contribution in [2.45, 2.75) is 52.9 Å². The molecule has 2 rings (SSSR count). The minimum atomic E-state index is 0.125. The van der Waals surface area contributed by atoms with Crippen molar-refractivity contribution in [3.8, 4) is 0 Å². The van der Waals surface area contributed by atoms with Gasteiger partial charge in [-0.15, -0.1) is 0 Å². The van der Waals surface area contributed by atoms with Gasteiger partial charge in [0.2, 0.25) is 0 Å². The zero-order valence-electron chi connectivity index (χ0n) is 16.3. The molecule has 3 heteroatoms. The lowest BCUT2D eigenvalue weighted by atomic mass is 10.1. The number of ketones is 1. The second-order valence-corrected chi connectivity index (χ2v) is 6.55. The van der Waals surface area contributed by atoms with Crippen molar-refractivity contribution in [2.75, 3.05) is 11.1 Å². The molecule has 0 spiro atoms. The largest absolute Gasteiger partial charge is 0.397 e. The Balaban J connectivity index is 0.000000289. The van der Waals surface area contributed by atoms with Crippen LogP contribution in [0.3, 0.4) is 0 Å². The van der Waals surface area contributed by atoms with Gasteiger partial charge in [0.1, 0.15) is 0 Å². The minimum Gasteiger partial charge on any atom is -0.397 e. The molecule has 0 heterocycles. The first-order valence-corrected chi connectivity index (χ1v) is 9.31. The van der Waals surface area contributed by atoms with Crippen LogP contribution in [0.1, 0.15) is 61.9 Å². The van der Waals surface area contributed by atoms with Gasteiger partial charge in [-0.25, -0.2) is 0 Å². The van der Waals surface area contributed by atoms with Gasteiger partial charge < -0.3 is 11.1 Å². The predicted octanol–water partition coefficient (Wildman–Crippen LogP) is 6.36. The van der Waals surface area contributed by atoms with E-state index in [1.54, 1.807) is 6.92 Å². The first kappa shape index (κ1) is 21.5. The number of hydrogen-bond acceptors (Lipinski definition) is 3. The zero-order valence-corrected chi connectivity index (χ0v) is 16.3. The van der Waals surface area contributed by atoms with Crippen LogP contribution in [0.4, 0.5) is 11.4 Å². The molecular formula is C23H32N2O. The summed E-state index contributed by atoms with van der Waals surface area (Å²) in [5.74, 6) is 0.125. The third-order valence-electron chi connectivity index (χ3n) is 4.06. The molecular weight excluding hydrogens is 320 g/mol. The topological polar surface area (TPSA) is 55.1 Å². The van der Waals surface area contributed by atoms with Crippen LogP contribution < -0.4 is 11.1 Å². The number of unbranched alkanes of at least 4 members (excludes halogenated alkanes) is 3. The van der Waals surface area contributed by atoms with Gasteiger partial charge in [-0.05, 0) is 38.8 Å². The number of carbonyl (C=O) groups excluding carboxylic acids is 1. The molecule has 3 N–H and O–H groups in total. The van der Waals surface area contributed by atoms with Crippen LogP contribution in [0.5, 0.6) is 0 Å². The summed E-state index contributed by atoms with van der Waals surface area (Å²) in [6.45, 7) is 9.82. The molecule has 0 unspecified atom stereocenters. The minimum absolute atomic E-state index is 0.125. The van der Waals surface area contributed by atoms with E-state index >= 15 is 0 Å². The SMILES string of the molecule is C=C(CCCCCC)Nc1ccccc1N.CC(=O)c1ccc(C)cc1. The number of anilines is 2. The van der Waals surface area contributed by atoms with E-state index in [0.29, 0.717) is 0 Å². The van der Waals surface area contributed by atoms with Crippen molar-refractivity contribution in [2.24, 2.45) is 0 Å². The third-order valence-corrected chi connectivity index (χ3v) is 4.06. The molecule has 26 heavy (non-hydrogen) atoms. The van der Waals surface area contributed by atoms with Crippen LogP contribution in [0.25, 0.3) is 0 Å². The number of hydrogen-bond donors (Lipinski definition) is 2. The molecule has 3 nitrogen and oxygen atoms in total. The van der Waals surface area contributed by atoms with Gasteiger partial charge in [-0.3, -0.25) is 4.79 Å². The second kappa shape index (κ2) is 11.9. The Morgan fingerprint density at radius 2 is 1.69 bits per heavy atom. The van der Waals surface area contributed by atoms with E-state index in [1.165, 1.54) is 31.2 Å². The van der Waals surface area contributed by atoms with Gasteiger partial charge in [0, 0.05) is 11.3 Å². The Bertz CT molecular complexity index is 690. The average molecular weight is 353 g/mol. The molecule has 0 aromatic heterocycles. The Morgan fingerprint density at radius 3 is 2.27 bits per heavy atom. The van der Waals surface area contributed by atoms with Crippen LogP contribution in [0, 0.1) is 6.92 Å². The summed E-state index contributed by atoms with van der Waals surface area (Å²) in [6.07, 6.45) is 6.08. The quantitative estimate of drug-likeness (QED) is 0.330. The van der Waals surface area contributed by atoms with Crippen LogP contribution in [0.2, 0.25) is 0 Å². The summed E-state index contributed by atoms with van der Waals surface area (Å²) in [5.41, 5.74) is 10.6. The van der Waals surface area contributed by atoms with Crippen LogP contribution in [-0.4, -0.2) is 5.78 Å². The molecule has 0 aliphatic heterocycles. The number of benzene rings is 2. The summed E-state index contributed by atoms with van der Waals surface area (Å²) >= 11 is 0. The average Bonchev–Trinajstić information content (AvgIpc) is 2.62. The first-order chi connectivity index (χ1) is 12.4. The standard InChI is InChI=1S/C14H22N2.C9H10O/c1-3-4-5-6-9-12(2)16-14-11-8-7-10-13(14)15;1-7-3-5-9(6-4-7)8(2)10/h7-8,10-11,16H,2-6,9,15H2,1H3;3-6H,1-2H3. The van der Waals surface area contributed by atoms with Crippen molar-refractivity contribution >= 4 is 17.2 Å². The fourth-order valence-corrected chi connectivity index (χ4v) is 2.42. The van der Waals surface area contributed by atoms with E-state index in [2.05, 4.69) is 18.8 Å². The van der Waals surface area contributed by atoms with E-state index < -0.39 is 0 Å². The predicted molar refractivity (Wildman–Crippen MR) is 114 cm³/mol. The molecule has 0 radical (unpaired) electrons. The van der Waals surface area contributed by atoms with Gasteiger partial charge in [-0.2, -0.15) is 0 Å². The lowest BCUT2D eigenvalue weighted by Crippen LogP contribution is -2.01. The van der Waals surface area contributed by atoms with E-state index in [1.807, 2.05) is 55.5 Å². The van der Waals surface area contributed by atoms with Gasteiger partial charge in [0.25, 0.3) is 0 Å². The highest BCUT2D eigenvalue weighted by Gasteiger charge is 1.99. The van der Waals surface area contributed by atoms with Gasteiger partial charge in [0.05, 0.1) is 11.4 Å². The Hall–Kier alpha value is -2.55. The Kier molecular flexibility index (Phi) is 9.85. The lowest BCUT2D eigenvalue weighted by Gasteiger charge is -2.11. The summed E-state index contributed by atoms with van der Waals surface area (Å²) < 4.78 is 0. The molecule has 2 aromatic rings. The maximum Gasteiger partial charge on any atom is 0.159 e. The molecule has 0 saturated carbocycles. The highest BCUT2D eigenvalue weighted by Crippen LogP contribution is 2.20. The lowest BCUT2D eigenvalue weighted by molar-refractivity contribution is 0.101. The number of nitrogens with two attached hydrogens (primary N) is 1. The van der Waals surface area contributed by atoms with Gasteiger partial charge in [-0.1, -0.05) is 74.7 Å². The van der Waals surface area contributed by atoms with Crippen molar-refractivity contribution in [3.63, 3.8) is 0 Å². The van der Waals surface area contributed by atoms with Gasteiger partial charge >= 0.3 is 0 Å². The second-order valence-electron chi connectivity index (χ2n) is 6.55. The maximum atomic E-state index is 10.8. The number of carbonyl (C=O) groups is 1. The molecule has 2 aromatic carbocycles. The summed E-state index contributed by atoms with van der Waals surface area (Å²) in [6, 6.07) is 15.4. The summed E-state index contributed by atoms with van der Waals surface area (Å²) in [5, 5.41) is 3.27. The van der Waals surface area contributed by atoms with E-state index in [4.69, 9.17) is 5.73 Å². The number of nitrogen functional groups attached to an aromatic ring is 1. The van der Waals surface area contributed by atoms with Crippen molar-refractivity contribution in [3.05, 3.63) is 71.9 Å². The fraction of sp³-hybridized carbons (Fsp3) is 0.348. The molecule has 0 aliphatic rings. The van der Waals surface area contributed by atoms with Crippen molar-refractivity contribution < 1.29 is 4.79 Å². The van der Waals surface area contributed by atoms with E-state index in [-0.39, 0.29) is 5.78 Å². The number of rotatable bonds is 8. The molecule has 0 bridgehead atoms. The van der Waals surface area contributed by atoms with Gasteiger partial charge in [0.15, 0.2) is 5.78 Å². The Morgan fingerprint density at radius 1 is 1.04 bits per heavy atom. The molecule has 0 amide bonds. The molecule has 140 valence electrons. The third kappa shape index (κ3) is 8.52. The highest BCUT2D eigenvalue weighted by molar-refractivity contribution is 5.93. The molecule has 0 fully saturated rings. The maximum absolute atomic E-state index is 10.8. The number of para-hydroxylation sites is 2. The van der Waals surface area contributed by atoms with Crippen LogP contribution >= 0.6 is 0 Å². The van der Waals surface area contributed by atoms with Crippen LogP contribution in [-0.2, 0) is 0 Å².